The summed E-state index contributed by atoms with van der Waals surface area (Å²) >= 11 is 0. The van der Waals surface area contributed by atoms with Crippen LogP contribution in [0.1, 0.15) is 135 Å². The second kappa shape index (κ2) is 10.6. The van der Waals surface area contributed by atoms with Gasteiger partial charge >= 0.3 is 0 Å². The molecule has 4 aliphatic rings. The Morgan fingerprint density at radius 3 is 2.08 bits per heavy atom. The Morgan fingerprint density at radius 1 is 0.850 bits per heavy atom. The molecule has 1 aromatic carbocycles. The Labute approximate surface area is 243 Å². The molecule has 40 heavy (non-hydrogen) atoms. The number of hydrazine groups is 1. The molecule has 6 unspecified atom stereocenters. The van der Waals surface area contributed by atoms with Crippen molar-refractivity contribution >= 4 is 10.0 Å². The molecule has 5 rings (SSSR count). The zero-order chi connectivity index (χ0) is 29.2. The Hall–Kier alpha value is -1.63. The van der Waals surface area contributed by atoms with E-state index in [2.05, 4.69) is 89.9 Å². The van der Waals surface area contributed by atoms with Crippen LogP contribution in [0, 0.1) is 28.6 Å². The summed E-state index contributed by atoms with van der Waals surface area (Å²) in [7, 11) is -3.80. The number of nitrogens with one attached hydrogen (secondary N) is 2. The van der Waals surface area contributed by atoms with Crippen LogP contribution >= 0.6 is 0 Å². The first-order valence-electron chi connectivity index (χ1n) is 15.7. The number of aliphatic hydroxyl groups excluding tert-OH is 1. The first-order valence-corrected chi connectivity index (χ1v) is 17.2. The van der Waals surface area contributed by atoms with E-state index in [0.29, 0.717) is 28.6 Å². The van der Waals surface area contributed by atoms with Crippen LogP contribution in [0.4, 0.5) is 0 Å². The Bertz CT molecular complexity index is 1280. The van der Waals surface area contributed by atoms with Gasteiger partial charge in [0.1, 0.15) is 0 Å². The normalized spacial score (nSPS) is 33.9. The quantitative estimate of drug-likeness (QED) is 0.233. The number of aliphatic hydroxyl groups is 1. The maximum atomic E-state index is 14.0. The highest BCUT2D eigenvalue weighted by molar-refractivity contribution is 7.89. The number of benzene rings is 1. The smallest absolute Gasteiger partial charge is 0.257 e. The molecule has 6 heteroatoms. The van der Waals surface area contributed by atoms with Crippen molar-refractivity contribution in [2.75, 3.05) is 0 Å². The van der Waals surface area contributed by atoms with Gasteiger partial charge in [0, 0.05) is 11.1 Å². The van der Waals surface area contributed by atoms with Gasteiger partial charge in [0.2, 0.25) is 0 Å². The summed E-state index contributed by atoms with van der Waals surface area (Å²) in [6, 6.07) is 4.19. The maximum absolute atomic E-state index is 14.0. The molecule has 0 saturated heterocycles. The summed E-state index contributed by atoms with van der Waals surface area (Å²) in [5, 5.41) is 10.3. The largest absolute Gasteiger partial charge is 0.393 e. The third kappa shape index (κ3) is 4.90. The van der Waals surface area contributed by atoms with Crippen molar-refractivity contribution in [3.63, 3.8) is 0 Å². The highest BCUT2D eigenvalue weighted by atomic mass is 32.2. The standard InChI is InChI=1S/C34H52N2O3S/c1-20(2)23-17-27(21(3)4)32(28(18-23)22(5)6)40(38,39)36-35-31-12-11-29-26-10-9-24-19-25(37)13-15-33(24,7)30(26)14-16-34(29,31)8/h9,12,17-18,20-22,25-26,29-30,35-37H,10-11,13-16,19H2,1-8H3. The lowest BCUT2D eigenvalue weighted by atomic mass is 9.48. The molecule has 4 aliphatic carbocycles. The van der Waals surface area contributed by atoms with Crippen molar-refractivity contribution in [3.8, 4) is 0 Å². The minimum atomic E-state index is -3.80. The molecule has 0 radical (unpaired) electrons. The van der Waals surface area contributed by atoms with Gasteiger partial charge in [-0.15, -0.1) is 4.83 Å². The van der Waals surface area contributed by atoms with Crippen molar-refractivity contribution in [3.05, 3.63) is 52.2 Å². The molecular formula is C34H52N2O3S. The van der Waals surface area contributed by atoms with Gasteiger partial charge in [0.25, 0.3) is 10.0 Å². The molecule has 2 fully saturated rings. The monoisotopic (exact) mass is 568 g/mol. The van der Waals surface area contributed by atoms with E-state index in [1.807, 2.05) is 0 Å². The van der Waals surface area contributed by atoms with Crippen molar-refractivity contribution in [1.82, 2.24) is 10.3 Å². The lowest BCUT2D eigenvalue weighted by Gasteiger charge is -2.57. The van der Waals surface area contributed by atoms with E-state index in [1.165, 1.54) is 11.1 Å². The number of fused-ring (bicyclic) bond motifs is 5. The first kappa shape index (κ1) is 29.8. The molecule has 5 nitrogen and oxygen atoms in total. The molecular weight excluding hydrogens is 516 g/mol. The topological polar surface area (TPSA) is 78.4 Å². The van der Waals surface area contributed by atoms with Crippen LogP contribution in [0.25, 0.3) is 0 Å². The molecule has 0 heterocycles. The lowest BCUT2D eigenvalue weighted by molar-refractivity contribution is -0.0311. The van der Waals surface area contributed by atoms with Crippen LogP contribution in [-0.2, 0) is 10.0 Å². The van der Waals surface area contributed by atoms with E-state index < -0.39 is 10.0 Å². The lowest BCUT2D eigenvalue weighted by Crippen LogP contribution is -2.51. The van der Waals surface area contributed by atoms with E-state index in [4.69, 9.17) is 0 Å². The summed E-state index contributed by atoms with van der Waals surface area (Å²) < 4.78 is 28.0. The van der Waals surface area contributed by atoms with Crippen LogP contribution in [0.2, 0.25) is 0 Å². The van der Waals surface area contributed by atoms with Gasteiger partial charge in [-0.3, -0.25) is 0 Å². The highest BCUT2D eigenvalue weighted by Gasteiger charge is 2.57. The van der Waals surface area contributed by atoms with Gasteiger partial charge in [-0.25, -0.2) is 8.42 Å². The number of sulfonamides is 1. The summed E-state index contributed by atoms with van der Waals surface area (Å²) in [5.74, 6) is 2.26. The maximum Gasteiger partial charge on any atom is 0.257 e. The fourth-order valence-electron chi connectivity index (χ4n) is 8.78. The molecule has 6 atom stereocenters. The van der Waals surface area contributed by atoms with Gasteiger partial charge in [-0.2, -0.15) is 0 Å². The van der Waals surface area contributed by atoms with Crippen molar-refractivity contribution in [2.24, 2.45) is 28.6 Å². The second-order valence-corrected chi connectivity index (χ2v) is 16.3. The molecule has 1 aromatic rings. The van der Waals surface area contributed by atoms with Gasteiger partial charge in [-0.05, 0) is 103 Å². The number of hydrogen-bond acceptors (Lipinski definition) is 4. The Balaban J connectivity index is 1.39. The predicted octanol–water partition coefficient (Wildman–Crippen LogP) is 7.66. The van der Waals surface area contributed by atoms with Crippen LogP contribution in [0.3, 0.4) is 0 Å². The number of hydrogen-bond donors (Lipinski definition) is 3. The highest BCUT2D eigenvalue weighted by Crippen LogP contribution is 2.64. The first-order chi connectivity index (χ1) is 18.7. The van der Waals surface area contributed by atoms with E-state index in [1.54, 1.807) is 0 Å². The Kier molecular flexibility index (Phi) is 7.89. The van der Waals surface area contributed by atoms with Crippen molar-refractivity contribution in [1.29, 1.82) is 0 Å². The van der Waals surface area contributed by atoms with E-state index in [-0.39, 0.29) is 28.8 Å². The minimum absolute atomic E-state index is 0.0666. The molecule has 0 bridgehead atoms. The van der Waals surface area contributed by atoms with Gasteiger partial charge in [0.15, 0.2) is 0 Å². The molecule has 0 amide bonds. The summed E-state index contributed by atoms with van der Waals surface area (Å²) in [6.07, 6.45) is 11.6. The van der Waals surface area contributed by atoms with Crippen molar-refractivity contribution < 1.29 is 13.5 Å². The summed E-state index contributed by atoms with van der Waals surface area (Å²) in [4.78, 5) is 3.30. The van der Waals surface area contributed by atoms with E-state index >= 15 is 0 Å². The zero-order valence-corrected chi connectivity index (χ0v) is 26.8. The van der Waals surface area contributed by atoms with E-state index in [0.717, 1.165) is 61.8 Å². The third-order valence-corrected chi connectivity index (χ3v) is 12.7. The van der Waals surface area contributed by atoms with Crippen LogP contribution in [0.15, 0.2) is 40.5 Å². The van der Waals surface area contributed by atoms with Gasteiger partial charge in [-0.1, -0.05) is 85.2 Å². The molecule has 0 spiro atoms. The SMILES string of the molecule is CC(C)c1cc(C(C)C)c(S(=O)(=O)NNC2=CCC3C4CC=C5CC(O)CCC5(C)C4CCC23C)c(C(C)C)c1. The third-order valence-electron chi connectivity index (χ3n) is 11.3. The van der Waals surface area contributed by atoms with Crippen LogP contribution in [0.5, 0.6) is 0 Å². The number of rotatable bonds is 7. The van der Waals surface area contributed by atoms with Gasteiger partial charge in [0.05, 0.1) is 11.0 Å². The van der Waals surface area contributed by atoms with Gasteiger partial charge < -0.3 is 10.5 Å². The summed E-state index contributed by atoms with van der Waals surface area (Å²) in [5.41, 5.74) is 8.90. The van der Waals surface area contributed by atoms with Crippen LogP contribution < -0.4 is 10.3 Å². The predicted molar refractivity (Wildman–Crippen MR) is 163 cm³/mol. The molecule has 2 saturated carbocycles. The second-order valence-electron chi connectivity index (χ2n) is 14.7. The average molecular weight is 569 g/mol. The fraction of sp³-hybridized carbons (Fsp3) is 0.706. The minimum Gasteiger partial charge on any atom is -0.393 e. The summed E-state index contributed by atoms with van der Waals surface area (Å²) in [6.45, 7) is 17.4. The molecule has 0 aliphatic heterocycles. The molecule has 3 N–H and O–H groups in total. The molecule has 222 valence electrons. The van der Waals surface area contributed by atoms with Crippen molar-refractivity contribution in [2.45, 2.75) is 129 Å². The number of allylic oxidation sites excluding steroid dienone is 3. The van der Waals surface area contributed by atoms with Crippen LogP contribution in [-0.4, -0.2) is 19.6 Å². The average Bonchev–Trinajstić information content (AvgIpc) is 3.23. The Morgan fingerprint density at radius 2 is 1.48 bits per heavy atom. The zero-order valence-electron chi connectivity index (χ0n) is 26.0. The fourth-order valence-corrected chi connectivity index (χ4v) is 10.3. The molecule has 0 aromatic heterocycles. The van der Waals surface area contributed by atoms with E-state index in [9.17, 15) is 13.5 Å².